The van der Waals surface area contributed by atoms with Crippen LogP contribution in [0.2, 0.25) is 9.36 Å². The van der Waals surface area contributed by atoms with Gasteiger partial charge in [0.25, 0.3) is 0 Å². The van der Waals surface area contributed by atoms with Gasteiger partial charge in [-0.15, -0.1) is 11.3 Å². The Kier molecular flexibility index (Phi) is 4.14. The summed E-state index contributed by atoms with van der Waals surface area (Å²) >= 11 is 16.9. The van der Waals surface area contributed by atoms with E-state index in [1.165, 1.54) is 17.4 Å². The second-order valence-corrected chi connectivity index (χ2v) is 6.65. The normalized spacial score (nSPS) is 12.8. The molecule has 0 saturated heterocycles. The van der Waals surface area contributed by atoms with Crippen LogP contribution in [0.15, 0.2) is 24.3 Å². The molecular formula is C12H8BrCl2FS. The van der Waals surface area contributed by atoms with Gasteiger partial charge >= 0.3 is 0 Å². The van der Waals surface area contributed by atoms with Crippen molar-refractivity contribution in [2.45, 2.75) is 11.8 Å². The molecule has 0 aliphatic heterocycles. The van der Waals surface area contributed by atoms with Crippen molar-refractivity contribution < 1.29 is 4.39 Å². The Balaban J connectivity index is 2.36. The molecule has 0 aliphatic rings. The molecule has 0 saturated carbocycles. The monoisotopic (exact) mass is 352 g/mol. The number of hydrogen-bond donors (Lipinski definition) is 0. The fraction of sp³-hybridized carbons (Fsp3) is 0.167. The van der Waals surface area contributed by atoms with Crippen molar-refractivity contribution in [3.8, 4) is 0 Å². The lowest BCUT2D eigenvalue weighted by Crippen LogP contribution is -1.90. The molecule has 1 heterocycles. The first-order valence-electron chi connectivity index (χ1n) is 4.84. The summed E-state index contributed by atoms with van der Waals surface area (Å²) in [5.74, 6) is -0.407. The highest BCUT2D eigenvalue weighted by Crippen LogP contribution is 2.39. The summed E-state index contributed by atoms with van der Waals surface area (Å²) in [6.07, 6.45) is 0. The van der Waals surface area contributed by atoms with Crippen LogP contribution >= 0.6 is 50.5 Å². The smallest absolute Gasteiger partial charge is 0.141 e. The van der Waals surface area contributed by atoms with Gasteiger partial charge in [-0.05, 0) is 36.2 Å². The molecule has 0 fully saturated rings. The third-order valence-corrected chi connectivity index (χ3v) is 5.60. The fourth-order valence-corrected chi connectivity index (χ4v) is 3.55. The molecule has 17 heavy (non-hydrogen) atoms. The minimum atomic E-state index is -0.407. The second kappa shape index (κ2) is 5.27. The first kappa shape index (κ1) is 13.3. The van der Waals surface area contributed by atoms with Crippen LogP contribution in [-0.2, 0) is 0 Å². The summed E-state index contributed by atoms with van der Waals surface area (Å²) in [5, 5.41) is 0.131. The minimum Gasteiger partial charge on any atom is -0.205 e. The van der Waals surface area contributed by atoms with Gasteiger partial charge in [0.05, 0.1) is 14.2 Å². The molecule has 1 unspecified atom stereocenters. The lowest BCUT2D eigenvalue weighted by molar-refractivity contribution is 0.627. The zero-order chi connectivity index (χ0) is 12.6. The molecule has 1 aromatic heterocycles. The maximum absolute atomic E-state index is 13.1. The molecule has 0 bridgehead atoms. The van der Waals surface area contributed by atoms with Crippen molar-refractivity contribution >= 4 is 50.5 Å². The summed E-state index contributed by atoms with van der Waals surface area (Å²) in [7, 11) is 0. The van der Waals surface area contributed by atoms with Gasteiger partial charge in [-0.3, -0.25) is 0 Å². The molecule has 90 valence electrons. The highest BCUT2D eigenvalue weighted by molar-refractivity contribution is 9.09. The summed E-state index contributed by atoms with van der Waals surface area (Å²) in [6.45, 7) is 1.96. The zero-order valence-electron chi connectivity index (χ0n) is 8.81. The van der Waals surface area contributed by atoms with E-state index in [1.54, 1.807) is 12.1 Å². The Bertz CT molecular complexity index is 534. The van der Waals surface area contributed by atoms with E-state index in [4.69, 9.17) is 23.2 Å². The Hall–Kier alpha value is -0.0900. The second-order valence-electron chi connectivity index (χ2n) is 3.64. The molecule has 0 aliphatic carbocycles. The topological polar surface area (TPSA) is 0 Å². The van der Waals surface area contributed by atoms with Gasteiger partial charge in [0, 0.05) is 4.88 Å². The van der Waals surface area contributed by atoms with E-state index in [0.717, 1.165) is 20.3 Å². The first-order chi connectivity index (χ1) is 7.99. The fourth-order valence-electron chi connectivity index (χ4n) is 1.44. The first-order valence-corrected chi connectivity index (χ1v) is 7.32. The lowest BCUT2D eigenvalue weighted by Gasteiger charge is -2.08. The largest absolute Gasteiger partial charge is 0.205 e. The number of rotatable bonds is 2. The molecular weight excluding hydrogens is 346 g/mol. The molecule has 5 heteroatoms. The van der Waals surface area contributed by atoms with E-state index in [1.807, 2.05) is 13.0 Å². The van der Waals surface area contributed by atoms with E-state index < -0.39 is 5.82 Å². The van der Waals surface area contributed by atoms with Crippen molar-refractivity contribution in [3.05, 3.63) is 55.4 Å². The maximum Gasteiger partial charge on any atom is 0.141 e. The van der Waals surface area contributed by atoms with Crippen LogP contribution in [0.5, 0.6) is 0 Å². The summed E-state index contributed by atoms with van der Waals surface area (Å²) in [6, 6.07) is 6.72. The highest BCUT2D eigenvalue weighted by atomic mass is 79.9. The molecule has 0 amide bonds. The number of hydrogen-bond acceptors (Lipinski definition) is 1. The van der Waals surface area contributed by atoms with Crippen molar-refractivity contribution in [1.29, 1.82) is 0 Å². The molecule has 0 N–H and O–H groups in total. The number of halogens is 4. The minimum absolute atomic E-state index is 0.0169. The van der Waals surface area contributed by atoms with Gasteiger partial charge in [0.15, 0.2) is 0 Å². The Morgan fingerprint density at radius 2 is 2.00 bits per heavy atom. The van der Waals surface area contributed by atoms with Crippen LogP contribution in [0.3, 0.4) is 0 Å². The molecule has 0 nitrogen and oxygen atoms in total. The van der Waals surface area contributed by atoms with Crippen LogP contribution in [0.4, 0.5) is 4.39 Å². The molecule has 0 spiro atoms. The van der Waals surface area contributed by atoms with Crippen molar-refractivity contribution in [3.63, 3.8) is 0 Å². The summed E-state index contributed by atoms with van der Waals surface area (Å²) in [5.41, 5.74) is 1.96. The number of thiophene rings is 1. The summed E-state index contributed by atoms with van der Waals surface area (Å²) in [4.78, 5) is 1.06. The zero-order valence-corrected chi connectivity index (χ0v) is 12.7. The van der Waals surface area contributed by atoms with E-state index in [2.05, 4.69) is 15.9 Å². The van der Waals surface area contributed by atoms with E-state index in [-0.39, 0.29) is 9.85 Å². The average Bonchev–Trinajstić information content (AvgIpc) is 2.62. The van der Waals surface area contributed by atoms with Gasteiger partial charge in [0.1, 0.15) is 5.82 Å². The van der Waals surface area contributed by atoms with Gasteiger partial charge < -0.3 is 0 Å². The molecule has 2 rings (SSSR count). The van der Waals surface area contributed by atoms with Gasteiger partial charge in [0.2, 0.25) is 0 Å². The van der Waals surface area contributed by atoms with Crippen molar-refractivity contribution in [1.82, 2.24) is 0 Å². The van der Waals surface area contributed by atoms with Gasteiger partial charge in [-0.25, -0.2) is 4.39 Å². The highest BCUT2D eigenvalue weighted by Gasteiger charge is 2.15. The number of alkyl halides is 1. The standard InChI is InChI=1S/C12H8BrCl2FS/c1-6-4-10(17-12(6)15)11(13)7-2-3-9(16)8(14)5-7/h2-5,11H,1H3. The van der Waals surface area contributed by atoms with Crippen LogP contribution in [0, 0.1) is 12.7 Å². The molecule has 2 aromatic rings. The van der Waals surface area contributed by atoms with E-state index in [9.17, 15) is 4.39 Å². The average molecular weight is 354 g/mol. The third-order valence-electron chi connectivity index (χ3n) is 2.36. The molecule has 1 atom stereocenters. The van der Waals surface area contributed by atoms with Crippen LogP contribution in [-0.4, -0.2) is 0 Å². The predicted molar refractivity (Wildman–Crippen MR) is 76.2 cm³/mol. The van der Waals surface area contributed by atoms with Gasteiger partial charge in [-0.1, -0.05) is 45.2 Å². The molecule has 0 radical (unpaired) electrons. The van der Waals surface area contributed by atoms with E-state index in [0.29, 0.717) is 0 Å². The quantitative estimate of drug-likeness (QED) is 0.582. The molecule has 1 aromatic carbocycles. The van der Waals surface area contributed by atoms with Crippen molar-refractivity contribution in [2.24, 2.45) is 0 Å². The lowest BCUT2D eigenvalue weighted by atomic mass is 10.1. The number of aryl methyl sites for hydroxylation is 1. The Morgan fingerprint density at radius 3 is 2.53 bits per heavy atom. The van der Waals surface area contributed by atoms with Crippen molar-refractivity contribution in [2.75, 3.05) is 0 Å². The van der Waals surface area contributed by atoms with Crippen LogP contribution in [0.25, 0.3) is 0 Å². The third kappa shape index (κ3) is 2.84. The Morgan fingerprint density at radius 1 is 1.29 bits per heavy atom. The number of benzene rings is 1. The SMILES string of the molecule is Cc1cc(C(Br)c2ccc(F)c(Cl)c2)sc1Cl. The Labute approximate surface area is 121 Å². The van der Waals surface area contributed by atoms with E-state index >= 15 is 0 Å². The maximum atomic E-state index is 13.1. The van der Waals surface area contributed by atoms with Crippen LogP contribution in [0.1, 0.15) is 20.8 Å². The van der Waals surface area contributed by atoms with Gasteiger partial charge in [-0.2, -0.15) is 0 Å². The van der Waals surface area contributed by atoms with Crippen LogP contribution < -0.4 is 0 Å². The summed E-state index contributed by atoms with van der Waals surface area (Å²) < 4.78 is 13.8. The predicted octanol–water partition coefficient (Wildman–Crippen LogP) is 5.99.